The monoisotopic (exact) mass is 402 g/mol. The molecule has 0 radical (unpaired) electrons. The quantitative estimate of drug-likeness (QED) is 0.543. The lowest BCUT2D eigenvalue weighted by atomic mass is 10.2. The fourth-order valence-electron chi connectivity index (χ4n) is 2.25. The first-order chi connectivity index (χ1) is 12.9. The van der Waals surface area contributed by atoms with Crippen molar-refractivity contribution in [2.24, 2.45) is 0 Å². The Labute approximate surface area is 159 Å². The van der Waals surface area contributed by atoms with Crippen LogP contribution in [0.2, 0.25) is 0 Å². The zero-order valence-electron chi connectivity index (χ0n) is 13.8. The van der Waals surface area contributed by atoms with Crippen molar-refractivity contribution in [3.8, 4) is 11.8 Å². The summed E-state index contributed by atoms with van der Waals surface area (Å²) in [7, 11) is -3.72. The Morgan fingerprint density at radius 3 is 2.67 bits per heavy atom. The predicted octanol–water partition coefficient (Wildman–Crippen LogP) is 2.45. The van der Waals surface area contributed by atoms with Crippen molar-refractivity contribution >= 4 is 42.6 Å². The van der Waals surface area contributed by atoms with Crippen LogP contribution in [0.3, 0.4) is 0 Å². The number of amides is 1. The highest BCUT2D eigenvalue weighted by Gasteiger charge is 2.15. The number of anilines is 1. The third-order valence-electron chi connectivity index (χ3n) is 3.55. The highest BCUT2D eigenvalue weighted by molar-refractivity contribution is 7.89. The highest BCUT2D eigenvalue weighted by atomic mass is 32.2. The number of benzene rings is 2. The van der Waals surface area contributed by atoms with Crippen LogP contribution in [0, 0.1) is 11.3 Å². The Bertz CT molecular complexity index is 1130. The number of nitrogens with one attached hydrogen (secondary N) is 2. The highest BCUT2D eigenvalue weighted by Crippen LogP contribution is 2.29. The van der Waals surface area contributed by atoms with E-state index in [1.165, 1.54) is 41.7 Å². The number of aromatic nitrogens is 1. The molecule has 1 aromatic heterocycles. The minimum atomic E-state index is -3.72. The van der Waals surface area contributed by atoms with Crippen molar-refractivity contribution in [2.45, 2.75) is 11.3 Å². The maximum absolute atomic E-state index is 12.3. The van der Waals surface area contributed by atoms with Gasteiger partial charge in [-0.2, -0.15) is 5.26 Å². The summed E-state index contributed by atoms with van der Waals surface area (Å²) in [4.78, 5) is 16.6. The van der Waals surface area contributed by atoms with Crippen LogP contribution in [-0.4, -0.2) is 31.0 Å². The first-order valence-corrected chi connectivity index (χ1v) is 10.1. The number of hydrogen-bond acceptors (Lipinski definition) is 7. The van der Waals surface area contributed by atoms with E-state index < -0.39 is 15.9 Å². The maximum atomic E-state index is 12.3. The largest absolute Gasteiger partial charge is 0.508 e. The van der Waals surface area contributed by atoms with Gasteiger partial charge in [0.2, 0.25) is 10.0 Å². The van der Waals surface area contributed by atoms with E-state index >= 15 is 0 Å². The van der Waals surface area contributed by atoms with Gasteiger partial charge < -0.3 is 5.11 Å². The topological polar surface area (TPSA) is 132 Å². The van der Waals surface area contributed by atoms with Crippen LogP contribution in [0.25, 0.3) is 10.2 Å². The summed E-state index contributed by atoms with van der Waals surface area (Å²) in [5.74, 6) is -0.316. The zero-order chi connectivity index (χ0) is 19.4. The fourth-order valence-corrected chi connectivity index (χ4v) is 4.17. The average Bonchev–Trinajstić information content (AvgIpc) is 3.03. The molecule has 3 aromatic rings. The van der Waals surface area contributed by atoms with Crippen LogP contribution in [0.4, 0.5) is 5.13 Å². The van der Waals surface area contributed by atoms with E-state index in [-0.39, 0.29) is 29.2 Å². The lowest BCUT2D eigenvalue weighted by molar-refractivity contribution is 0.102. The van der Waals surface area contributed by atoms with Crippen molar-refractivity contribution in [3.63, 3.8) is 0 Å². The second-order valence-corrected chi connectivity index (χ2v) is 8.25. The molecular formula is C17H14N4O4S2. The van der Waals surface area contributed by atoms with Crippen LogP contribution >= 0.6 is 11.3 Å². The van der Waals surface area contributed by atoms with Crippen LogP contribution in [0.5, 0.6) is 5.75 Å². The van der Waals surface area contributed by atoms with E-state index in [2.05, 4.69) is 15.0 Å². The average molecular weight is 402 g/mol. The molecule has 8 nitrogen and oxygen atoms in total. The van der Waals surface area contributed by atoms with E-state index in [1.54, 1.807) is 12.1 Å². The smallest absolute Gasteiger partial charge is 0.257 e. The van der Waals surface area contributed by atoms with Gasteiger partial charge in [-0.1, -0.05) is 11.3 Å². The van der Waals surface area contributed by atoms with Gasteiger partial charge in [-0.05, 0) is 42.5 Å². The third-order valence-corrected chi connectivity index (χ3v) is 5.96. The molecule has 0 aliphatic rings. The Morgan fingerprint density at radius 2 is 1.96 bits per heavy atom. The first-order valence-electron chi connectivity index (χ1n) is 7.76. The van der Waals surface area contributed by atoms with Crippen LogP contribution in [-0.2, 0) is 10.0 Å². The second kappa shape index (κ2) is 7.71. The molecule has 3 rings (SSSR count). The molecule has 1 heterocycles. The fraction of sp³-hybridized carbons (Fsp3) is 0.118. The minimum absolute atomic E-state index is 0.00690. The molecule has 138 valence electrons. The Balaban J connectivity index is 1.72. The van der Waals surface area contributed by atoms with Crippen molar-refractivity contribution in [1.82, 2.24) is 9.71 Å². The molecule has 0 atom stereocenters. The molecule has 2 aromatic carbocycles. The normalized spacial score (nSPS) is 11.2. The number of hydrogen-bond donors (Lipinski definition) is 3. The third kappa shape index (κ3) is 4.40. The number of carbonyl (C=O) groups excluding carboxylic acids is 1. The van der Waals surface area contributed by atoms with E-state index in [0.717, 1.165) is 4.70 Å². The van der Waals surface area contributed by atoms with Crippen LogP contribution in [0.15, 0.2) is 47.4 Å². The molecule has 3 N–H and O–H groups in total. The summed E-state index contributed by atoms with van der Waals surface area (Å²) in [6.07, 6.45) is 0.0691. The Morgan fingerprint density at radius 1 is 1.22 bits per heavy atom. The molecule has 0 aliphatic carbocycles. The lowest BCUT2D eigenvalue weighted by Gasteiger charge is -2.06. The summed E-state index contributed by atoms with van der Waals surface area (Å²) in [5.41, 5.74) is 0.922. The standard InChI is InChI=1S/C17H14N4O4S2/c18-8-1-9-19-27(24,25)13-5-2-11(3-6-13)16(23)21-17-20-14-7-4-12(22)10-15(14)26-17/h2-7,10,19,22H,1,9H2,(H,20,21,23). The predicted molar refractivity (Wildman–Crippen MR) is 101 cm³/mol. The van der Waals surface area contributed by atoms with Crippen molar-refractivity contribution in [2.75, 3.05) is 11.9 Å². The van der Waals surface area contributed by atoms with Crippen molar-refractivity contribution < 1.29 is 18.3 Å². The molecule has 27 heavy (non-hydrogen) atoms. The number of nitrogens with zero attached hydrogens (tertiary/aromatic N) is 2. The van der Waals surface area contributed by atoms with Gasteiger partial charge in [-0.15, -0.1) is 0 Å². The van der Waals surface area contributed by atoms with E-state index in [0.29, 0.717) is 10.6 Å². The van der Waals surface area contributed by atoms with E-state index in [9.17, 15) is 18.3 Å². The van der Waals surface area contributed by atoms with Gasteiger partial charge in [0.1, 0.15) is 5.75 Å². The van der Waals surface area contributed by atoms with Crippen LogP contribution in [0.1, 0.15) is 16.8 Å². The number of carbonyl (C=O) groups is 1. The molecule has 0 bridgehead atoms. The number of nitriles is 1. The van der Waals surface area contributed by atoms with Gasteiger partial charge in [0, 0.05) is 18.5 Å². The Kier molecular flexibility index (Phi) is 5.36. The minimum Gasteiger partial charge on any atom is -0.508 e. The zero-order valence-corrected chi connectivity index (χ0v) is 15.5. The van der Waals surface area contributed by atoms with Gasteiger partial charge in [0.05, 0.1) is 21.2 Å². The molecule has 0 spiro atoms. The van der Waals surface area contributed by atoms with Crippen LogP contribution < -0.4 is 10.0 Å². The summed E-state index contributed by atoms with van der Waals surface area (Å²) < 4.78 is 27.1. The van der Waals surface area contributed by atoms with E-state index in [4.69, 9.17) is 5.26 Å². The molecule has 0 aliphatic heterocycles. The second-order valence-electron chi connectivity index (χ2n) is 5.46. The van der Waals surface area contributed by atoms with Gasteiger partial charge in [0.15, 0.2) is 5.13 Å². The molecule has 1 amide bonds. The van der Waals surface area contributed by atoms with Gasteiger partial charge in [-0.25, -0.2) is 18.1 Å². The molecule has 0 unspecified atom stereocenters. The lowest BCUT2D eigenvalue weighted by Crippen LogP contribution is -2.24. The van der Waals surface area contributed by atoms with Crippen molar-refractivity contribution in [1.29, 1.82) is 5.26 Å². The maximum Gasteiger partial charge on any atom is 0.257 e. The Hall–Kier alpha value is -3.00. The molecule has 0 saturated heterocycles. The van der Waals surface area contributed by atoms with Gasteiger partial charge in [0.25, 0.3) is 5.91 Å². The van der Waals surface area contributed by atoms with Gasteiger partial charge >= 0.3 is 0 Å². The summed E-state index contributed by atoms with van der Waals surface area (Å²) >= 11 is 1.22. The number of phenolic OH excluding ortho intramolecular Hbond substituents is 1. The SMILES string of the molecule is N#CCCNS(=O)(=O)c1ccc(C(=O)Nc2nc3ccc(O)cc3s2)cc1. The number of thiazole rings is 1. The van der Waals surface area contributed by atoms with E-state index in [1.807, 2.05) is 6.07 Å². The summed E-state index contributed by atoms with van der Waals surface area (Å²) in [6, 6.07) is 12.0. The number of phenols is 1. The number of sulfonamides is 1. The number of aromatic hydroxyl groups is 1. The number of rotatable bonds is 6. The summed E-state index contributed by atoms with van der Waals surface area (Å²) in [5, 5.41) is 21.0. The first kappa shape index (κ1) is 18.8. The molecule has 10 heteroatoms. The molecular weight excluding hydrogens is 388 g/mol. The van der Waals surface area contributed by atoms with Gasteiger partial charge in [-0.3, -0.25) is 10.1 Å². The number of fused-ring (bicyclic) bond motifs is 1. The molecule has 0 saturated carbocycles. The summed E-state index contributed by atoms with van der Waals surface area (Å²) in [6.45, 7) is 0.0221. The van der Waals surface area contributed by atoms with Crippen molar-refractivity contribution in [3.05, 3.63) is 48.0 Å². The molecule has 0 fully saturated rings.